The number of nitrogens with zero attached hydrogens (tertiary/aromatic N) is 10. The molecule has 6 heterocycles. The number of amides is 1. The van der Waals surface area contributed by atoms with Gasteiger partial charge in [0.2, 0.25) is 5.91 Å². The Balaban J connectivity index is 1.29. The number of carbonyl (C=O) groups excluding carboxylic acids is 1. The number of hydrogen-bond acceptors (Lipinski definition) is 9. The number of aromatic nitrogens is 10. The largest absolute Gasteiger partial charge is 0.436 e. The van der Waals surface area contributed by atoms with Crippen LogP contribution < -0.4 is 10.9 Å². The van der Waals surface area contributed by atoms with E-state index in [1.165, 1.54) is 46.0 Å². The Bertz CT molecular complexity index is 2230. The van der Waals surface area contributed by atoms with Crippen LogP contribution in [0.5, 0.6) is 0 Å². The quantitative estimate of drug-likeness (QED) is 0.252. The molecule has 7 rings (SSSR count). The van der Waals surface area contributed by atoms with Gasteiger partial charge in [-0.25, -0.2) is 19.3 Å². The second kappa shape index (κ2) is 12.7. The van der Waals surface area contributed by atoms with Crippen molar-refractivity contribution in [3.8, 4) is 34.0 Å². The molecule has 0 aliphatic carbocycles. The van der Waals surface area contributed by atoms with Gasteiger partial charge in [0.25, 0.3) is 5.56 Å². The van der Waals surface area contributed by atoms with Crippen molar-refractivity contribution >= 4 is 23.2 Å². The Hall–Kier alpha value is -5.77. The topological polar surface area (TPSA) is 151 Å². The Morgan fingerprint density at radius 1 is 0.959 bits per heavy atom. The van der Waals surface area contributed by atoms with Gasteiger partial charge in [-0.1, -0.05) is 30.2 Å². The summed E-state index contributed by atoms with van der Waals surface area (Å²) in [7, 11) is 0. The van der Waals surface area contributed by atoms with Gasteiger partial charge in [-0.2, -0.15) is 18.3 Å². The standard InChI is InChI=1S/C32H25ClF3N11O2/c1-18-3-2-4-26(23-11-19(7-8-38-23)30-24(41-31(18)49)15-47(43-30)28-14-37-9-10-39-28)45-17-40-22(13-29(45)48)21-12-20(33)5-6-25(21)46-16-27(42-44-46)32(34,35)36/h5-18,26H,2-4H2,1H3,(H,41,49). The lowest BCUT2D eigenvalue weighted by Crippen LogP contribution is -2.27. The predicted molar refractivity (Wildman–Crippen MR) is 171 cm³/mol. The van der Waals surface area contributed by atoms with E-state index in [0.29, 0.717) is 47.7 Å². The van der Waals surface area contributed by atoms with Crippen LogP contribution in [0.15, 0.2) is 84.7 Å². The summed E-state index contributed by atoms with van der Waals surface area (Å²) >= 11 is 6.26. The Morgan fingerprint density at radius 3 is 2.57 bits per heavy atom. The van der Waals surface area contributed by atoms with Crippen LogP contribution in [0, 0.1) is 5.92 Å². The molecule has 0 spiro atoms. The number of halogens is 4. The molecule has 2 bridgehead atoms. The molecule has 2 atom stereocenters. The molecule has 49 heavy (non-hydrogen) atoms. The average Bonchev–Trinajstić information content (AvgIpc) is 3.76. The van der Waals surface area contributed by atoms with Gasteiger partial charge in [0.05, 0.1) is 53.7 Å². The fourth-order valence-corrected chi connectivity index (χ4v) is 5.81. The minimum absolute atomic E-state index is 0.169. The number of benzene rings is 1. The minimum Gasteiger partial charge on any atom is -0.323 e. The average molecular weight is 688 g/mol. The molecule has 5 aromatic heterocycles. The van der Waals surface area contributed by atoms with Crippen LogP contribution in [-0.2, 0) is 11.0 Å². The predicted octanol–water partition coefficient (Wildman–Crippen LogP) is 5.55. The van der Waals surface area contributed by atoms with Gasteiger partial charge in [0, 0.05) is 46.7 Å². The van der Waals surface area contributed by atoms with Crippen molar-refractivity contribution < 1.29 is 18.0 Å². The van der Waals surface area contributed by atoms with E-state index in [1.807, 2.05) is 13.0 Å². The molecule has 248 valence electrons. The van der Waals surface area contributed by atoms with E-state index in [1.54, 1.807) is 30.9 Å². The van der Waals surface area contributed by atoms with Gasteiger partial charge in [-0.3, -0.25) is 24.1 Å². The van der Waals surface area contributed by atoms with Crippen LogP contribution in [0.4, 0.5) is 18.9 Å². The third-order valence-electron chi connectivity index (χ3n) is 8.15. The summed E-state index contributed by atoms with van der Waals surface area (Å²) < 4.78 is 43.7. The number of fused-ring (bicyclic) bond motifs is 4. The van der Waals surface area contributed by atoms with Crippen molar-refractivity contribution in [2.24, 2.45) is 5.92 Å². The van der Waals surface area contributed by atoms with Crippen LogP contribution in [0.3, 0.4) is 0 Å². The highest BCUT2D eigenvalue weighted by Crippen LogP contribution is 2.34. The second-order valence-corrected chi connectivity index (χ2v) is 11.9. The first-order chi connectivity index (χ1) is 23.5. The number of carbonyl (C=O) groups is 1. The maximum atomic E-state index is 13.8. The van der Waals surface area contributed by atoms with E-state index in [4.69, 9.17) is 16.7 Å². The molecule has 1 aromatic carbocycles. The summed E-state index contributed by atoms with van der Waals surface area (Å²) in [5, 5.41) is 14.9. The molecule has 1 amide bonds. The van der Waals surface area contributed by atoms with E-state index in [9.17, 15) is 22.8 Å². The van der Waals surface area contributed by atoms with Crippen molar-refractivity contribution in [2.75, 3.05) is 5.32 Å². The first-order valence-corrected chi connectivity index (χ1v) is 15.4. The smallest absolute Gasteiger partial charge is 0.323 e. The second-order valence-electron chi connectivity index (χ2n) is 11.4. The zero-order valence-electron chi connectivity index (χ0n) is 25.6. The molecular weight excluding hydrogens is 663 g/mol. The third kappa shape index (κ3) is 6.41. The number of hydrogen-bond donors (Lipinski definition) is 1. The molecule has 1 aliphatic heterocycles. The highest BCUT2D eigenvalue weighted by Gasteiger charge is 2.35. The Morgan fingerprint density at radius 2 is 1.82 bits per heavy atom. The summed E-state index contributed by atoms with van der Waals surface area (Å²) in [6.07, 6.45) is 6.92. The summed E-state index contributed by atoms with van der Waals surface area (Å²) in [6.45, 7) is 1.83. The molecule has 1 N–H and O–H groups in total. The lowest BCUT2D eigenvalue weighted by atomic mass is 9.97. The van der Waals surface area contributed by atoms with E-state index in [-0.39, 0.29) is 33.8 Å². The van der Waals surface area contributed by atoms with Gasteiger partial charge < -0.3 is 5.32 Å². The fraction of sp³-hybridized carbons (Fsp3) is 0.219. The van der Waals surface area contributed by atoms with Gasteiger partial charge in [0.1, 0.15) is 5.69 Å². The number of anilines is 1. The number of alkyl halides is 3. The van der Waals surface area contributed by atoms with Crippen LogP contribution in [-0.4, -0.2) is 55.2 Å². The molecule has 0 radical (unpaired) electrons. The van der Waals surface area contributed by atoms with Gasteiger partial charge in [0.15, 0.2) is 11.5 Å². The first-order valence-electron chi connectivity index (χ1n) is 15.1. The highest BCUT2D eigenvalue weighted by molar-refractivity contribution is 6.31. The van der Waals surface area contributed by atoms with Gasteiger partial charge in [-0.05, 0) is 43.2 Å². The third-order valence-corrected chi connectivity index (χ3v) is 8.39. The Kier molecular flexibility index (Phi) is 8.23. The van der Waals surface area contributed by atoms with Crippen molar-refractivity contribution in [3.05, 3.63) is 107 Å². The zero-order valence-corrected chi connectivity index (χ0v) is 26.3. The van der Waals surface area contributed by atoms with Crippen molar-refractivity contribution in [2.45, 2.75) is 38.4 Å². The summed E-state index contributed by atoms with van der Waals surface area (Å²) in [6, 6.07) is 8.73. The van der Waals surface area contributed by atoms with Crippen LogP contribution in [0.1, 0.15) is 43.6 Å². The maximum absolute atomic E-state index is 13.8. The molecule has 17 heteroatoms. The van der Waals surface area contributed by atoms with E-state index in [0.717, 1.165) is 10.9 Å². The number of nitrogens with one attached hydrogen (secondary N) is 1. The normalized spacial score (nSPS) is 16.7. The van der Waals surface area contributed by atoms with Crippen molar-refractivity contribution in [1.29, 1.82) is 0 Å². The van der Waals surface area contributed by atoms with Gasteiger partial charge in [-0.15, -0.1) is 5.10 Å². The van der Waals surface area contributed by atoms with Crippen molar-refractivity contribution in [3.63, 3.8) is 0 Å². The SMILES string of the molecule is CC1CCCC(n2cnc(-c3cc(Cl)ccc3-n3cc(C(F)(F)F)nn3)cc2=O)c2cc(ccn2)-c2nn(-c3cnccn3)cc2NC1=O. The molecular formula is C32H25ClF3N11O2. The molecule has 1 aliphatic rings. The molecule has 13 nitrogen and oxygen atoms in total. The molecule has 0 saturated carbocycles. The minimum atomic E-state index is -4.69. The summed E-state index contributed by atoms with van der Waals surface area (Å²) in [4.78, 5) is 44.6. The summed E-state index contributed by atoms with van der Waals surface area (Å²) in [5.74, 6) is -0.0761. The lowest BCUT2D eigenvalue weighted by molar-refractivity contribution is -0.141. The first kappa shape index (κ1) is 31.8. The van der Waals surface area contributed by atoms with E-state index in [2.05, 4.69) is 35.6 Å². The highest BCUT2D eigenvalue weighted by atomic mass is 35.5. The molecule has 6 aromatic rings. The maximum Gasteiger partial charge on any atom is 0.436 e. The monoisotopic (exact) mass is 687 g/mol. The van der Waals surface area contributed by atoms with E-state index < -0.39 is 23.5 Å². The number of rotatable bonds is 4. The van der Waals surface area contributed by atoms with E-state index >= 15 is 0 Å². The number of pyridine rings is 1. The lowest BCUT2D eigenvalue weighted by Gasteiger charge is -2.22. The molecule has 2 unspecified atom stereocenters. The Labute approximate surface area is 280 Å². The molecule has 0 fully saturated rings. The van der Waals surface area contributed by atoms with Crippen LogP contribution in [0.2, 0.25) is 5.02 Å². The van der Waals surface area contributed by atoms with Crippen LogP contribution in [0.25, 0.3) is 34.0 Å². The van der Waals surface area contributed by atoms with Gasteiger partial charge >= 0.3 is 6.18 Å². The summed E-state index contributed by atoms with van der Waals surface area (Å²) in [5.41, 5.74) is 1.20. The van der Waals surface area contributed by atoms with Crippen molar-refractivity contribution in [1.82, 2.24) is 49.3 Å². The zero-order chi connectivity index (χ0) is 34.3. The van der Waals surface area contributed by atoms with Crippen LogP contribution >= 0.6 is 11.6 Å². The molecule has 0 saturated heterocycles. The fourth-order valence-electron chi connectivity index (χ4n) is 5.63.